The van der Waals surface area contributed by atoms with Gasteiger partial charge in [0.25, 0.3) is 0 Å². The highest BCUT2D eigenvalue weighted by atomic mass is 32.1. The first-order valence-corrected chi connectivity index (χ1v) is 8.19. The minimum atomic E-state index is -0.00450. The van der Waals surface area contributed by atoms with Crippen LogP contribution in [0.5, 0.6) is 0 Å². The first kappa shape index (κ1) is 16.1. The number of nitrogens with zero attached hydrogens (tertiary/aromatic N) is 5. The van der Waals surface area contributed by atoms with Gasteiger partial charge in [0.05, 0.1) is 40.6 Å². The zero-order valence-corrected chi connectivity index (χ0v) is 14.1. The number of thiazole rings is 1. The summed E-state index contributed by atoms with van der Waals surface area (Å²) in [7, 11) is 0. The third-order valence-electron chi connectivity index (χ3n) is 3.70. The van der Waals surface area contributed by atoms with Gasteiger partial charge in [0.1, 0.15) is 17.5 Å². The summed E-state index contributed by atoms with van der Waals surface area (Å²) in [6.45, 7) is 4.16. The molecule has 0 aliphatic heterocycles. The van der Waals surface area contributed by atoms with E-state index in [1.165, 1.54) is 11.3 Å². The number of hydrogen-bond donors (Lipinski definition) is 2. The Balaban J connectivity index is 2.21. The van der Waals surface area contributed by atoms with E-state index in [4.69, 9.17) is 10.8 Å². The molecule has 8 heteroatoms. The van der Waals surface area contributed by atoms with E-state index < -0.39 is 0 Å². The molecule has 3 heterocycles. The van der Waals surface area contributed by atoms with Crippen LogP contribution in [0.25, 0.3) is 21.7 Å². The van der Waals surface area contributed by atoms with Crippen molar-refractivity contribution in [3.63, 3.8) is 0 Å². The average molecular weight is 340 g/mol. The Morgan fingerprint density at radius 3 is 2.75 bits per heavy atom. The standard InChI is InChI=1S/C16H16N6OS/c1-9-13(7-22(21-9)3-4-23)11-5-14(15-10(2)19-8-24-15)20-16(18)12(11)6-17/h5,7-8,23H,3-4H2,1-2H3,(H2,18,20). The Kier molecular flexibility index (Phi) is 4.29. The van der Waals surface area contributed by atoms with Gasteiger partial charge in [0.2, 0.25) is 0 Å². The quantitative estimate of drug-likeness (QED) is 0.752. The number of pyridine rings is 1. The van der Waals surface area contributed by atoms with Gasteiger partial charge in [-0.3, -0.25) is 4.68 Å². The molecule has 3 N–H and O–H groups in total. The Morgan fingerprint density at radius 1 is 1.33 bits per heavy atom. The van der Waals surface area contributed by atoms with E-state index in [1.54, 1.807) is 10.2 Å². The molecule has 3 aromatic heterocycles. The van der Waals surface area contributed by atoms with Gasteiger partial charge in [0.15, 0.2) is 0 Å². The molecule has 7 nitrogen and oxygen atoms in total. The van der Waals surface area contributed by atoms with Gasteiger partial charge in [-0.05, 0) is 19.9 Å². The molecule has 3 aromatic rings. The molecule has 0 spiro atoms. The van der Waals surface area contributed by atoms with Crippen molar-refractivity contribution in [3.05, 3.63) is 34.7 Å². The maximum absolute atomic E-state index is 9.49. The minimum absolute atomic E-state index is 0.00450. The van der Waals surface area contributed by atoms with Crippen LogP contribution in [0.3, 0.4) is 0 Å². The number of aromatic nitrogens is 4. The average Bonchev–Trinajstić information content (AvgIpc) is 3.12. The van der Waals surface area contributed by atoms with E-state index in [0.29, 0.717) is 23.4 Å². The molecule has 122 valence electrons. The lowest BCUT2D eigenvalue weighted by Crippen LogP contribution is -2.02. The van der Waals surface area contributed by atoms with Gasteiger partial charge in [-0.25, -0.2) is 9.97 Å². The van der Waals surface area contributed by atoms with Crippen molar-refractivity contribution in [2.24, 2.45) is 0 Å². The van der Waals surface area contributed by atoms with Gasteiger partial charge in [-0.1, -0.05) is 0 Å². The highest BCUT2D eigenvalue weighted by molar-refractivity contribution is 7.13. The number of hydrogen-bond acceptors (Lipinski definition) is 7. The Bertz CT molecular complexity index is 937. The number of anilines is 1. The molecule has 0 fully saturated rings. The third kappa shape index (κ3) is 2.75. The van der Waals surface area contributed by atoms with Crippen LogP contribution in [0, 0.1) is 25.2 Å². The molecule has 0 saturated heterocycles. The molecule has 0 unspecified atom stereocenters. The fourth-order valence-electron chi connectivity index (χ4n) is 2.56. The van der Waals surface area contributed by atoms with Crippen LogP contribution in [0.2, 0.25) is 0 Å². The fraction of sp³-hybridized carbons (Fsp3) is 0.250. The van der Waals surface area contributed by atoms with Crippen LogP contribution in [0.15, 0.2) is 17.8 Å². The van der Waals surface area contributed by atoms with Gasteiger partial charge in [0, 0.05) is 17.3 Å². The molecule has 0 atom stereocenters. The van der Waals surface area contributed by atoms with Crippen molar-refractivity contribution in [2.75, 3.05) is 12.3 Å². The lowest BCUT2D eigenvalue weighted by molar-refractivity contribution is 0.269. The normalized spacial score (nSPS) is 10.8. The monoisotopic (exact) mass is 340 g/mol. The molecule has 0 aliphatic carbocycles. The molecule has 3 rings (SSSR count). The van der Waals surface area contributed by atoms with Crippen molar-refractivity contribution in [1.29, 1.82) is 5.26 Å². The molecule has 0 aromatic carbocycles. The Hall–Kier alpha value is -2.76. The zero-order chi connectivity index (χ0) is 17.3. The van der Waals surface area contributed by atoms with Crippen LogP contribution < -0.4 is 5.73 Å². The summed E-state index contributed by atoms with van der Waals surface area (Å²) in [5, 5.41) is 22.9. The van der Waals surface area contributed by atoms with E-state index in [1.807, 2.05) is 26.1 Å². The van der Waals surface area contributed by atoms with Crippen LogP contribution in [0.4, 0.5) is 5.82 Å². The zero-order valence-electron chi connectivity index (χ0n) is 13.3. The summed E-state index contributed by atoms with van der Waals surface area (Å²) >= 11 is 1.48. The maximum atomic E-state index is 9.49. The van der Waals surface area contributed by atoms with Crippen LogP contribution in [0.1, 0.15) is 17.0 Å². The van der Waals surface area contributed by atoms with E-state index >= 15 is 0 Å². The number of nitrogen functional groups attached to an aromatic ring is 1. The number of nitriles is 1. The largest absolute Gasteiger partial charge is 0.394 e. The second-order valence-corrected chi connectivity index (χ2v) is 6.16. The number of rotatable bonds is 4. The van der Waals surface area contributed by atoms with E-state index in [-0.39, 0.29) is 12.4 Å². The van der Waals surface area contributed by atoms with Crippen LogP contribution >= 0.6 is 11.3 Å². The predicted octanol–water partition coefficient (Wildman–Crippen LogP) is 2.13. The van der Waals surface area contributed by atoms with Crippen molar-refractivity contribution < 1.29 is 5.11 Å². The van der Waals surface area contributed by atoms with E-state index in [2.05, 4.69) is 21.1 Å². The highest BCUT2D eigenvalue weighted by Crippen LogP contribution is 2.34. The highest BCUT2D eigenvalue weighted by Gasteiger charge is 2.18. The summed E-state index contributed by atoms with van der Waals surface area (Å²) in [4.78, 5) is 9.53. The number of nitrogens with two attached hydrogens (primary N) is 1. The maximum Gasteiger partial charge on any atom is 0.142 e. The number of aliphatic hydroxyl groups is 1. The summed E-state index contributed by atoms with van der Waals surface area (Å²) < 4.78 is 1.65. The first-order chi connectivity index (χ1) is 11.5. The molecule has 0 bridgehead atoms. The molecule has 24 heavy (non-hydrogen) atoms. The summed E-state index contributed by atoms with van der Waals surface area (Å²) in [5.74, 6) is 0.187. The summed E-state index contributed by atoms with van der Waals surface area (Å²) in [6, 6.07) is 3.98. The lowest BCUT2D eigenvalue weighted by atomic mass is 10.0. The predicted molar refractivity (Wildman–Crippen MR) is 92.3 cm³/mol. The molecule has 0 radical (unpaired) electrons. The smallest absolute Gasteiger partial charge is 0.142 e. The molecule has 0 saturated carbocycles. The van der Waals surface area contributed by atoms with Crippen LogP contribution in [-0.2, 0) is 6.54 Å². The topological polar surface area (TPSA) is 114 Å². The molecular weight excluding hydrogens is 324 g/mol. The first-order valence-electron chi connectivity index (χ1n) is 7.31. The Morgan fingerprint density at radius 2 is 2.12 bits per heavy atom. The second-order valence-electron chi connectivity index (χ2n) is 5.31. The number of aliphatic hydroxyl groups excluding tert-OH is 1. The lowest BCUT2D eigenvalue weighted by Gasteiger charge is -2.08. The fourth-order valence-corrected chi connectivity index (χ4v) is 3.32. The molecule has 0 aliphatic rings. The van der Waals surface area contributed by atoms with E-state index in [0.717, 1.165) is 21.8 Å². The van der Waals surface area contributed by atoms with Gasteiger partial charge < -0.3 is 10.8 Å². The molecular formula is C16H16N6OS. The van der Waals surface area contributed by atoms with E-state index in [9.17, 15) is 5.26 Å². The summed E-state index contributed by atoms with van der Waals surface area (Å²) in [5.41, 5.74) is 11.9. The minimum Gasteiger partial charge on any atom is -0.394 e. The van der Waals surface area contributed by atoms with Crippen molar-refractivity contribution in [2.45, 2.75) is 20.4 Å². The van der Waals surface area contributed by atoms with Gasteiger partial charge >= 0.3 is 0 Å². The van der Waals surface area contributed by atoms with Gasteiger partial charge in [-0.15, -0.1) is 11.3 Å². The van der Waals surface area contributed by atoms with Crippen LogP contribution in [-0.4, -0.2) is 31.5 Å². The van der Waals surface area contributed by atoms with Gasteiger partial charge in [-0.2, -0.15) is 10.4 Å². The Labute approximate surface area is 143 Å². The number of aryl methyl sites for hydroxylation is 2. The summed E-state index contributed by atoms with van der Waals surface area (Å²) in [6.07, 6.45) is 1.81. The van der Waals surface area contributed by atoms with Crippen molar-refractivity contribution in [1.82, 2.24) is 19.7 Å². The second kappa shape index (κ2) is 6.39. The van der Waals surface area contributed by atoms with Crippen molar-refractivity contribution in [3.8, 4) is 27.8 Å². The SMILES string of the molecule is Cc1nn(CCO)cc1-c1cc(-c2scnc2C)nc(N)c1C#N. The van der Waals surface area contributed by atoms with Crippen molar-refractivity contribution >= 4 is 17.2 Å². The molecule has 0 amide bonds. The third-order valence-corrected chi connectivity index (χ3v) is 4.65.